The van der Waals surface area contributed by atoms with E-state index in [2.05, 4.69) is 4.98 Å². The summed E-state index contributed by atoms with van der Waals surface area (Å²) in [5.41, 5.74) is 2.16. The van der Waals surface area contributed by atoms with E-state index in [1.165, 1.54) is 30.5 Å². The van der Waals surface area contributed by atoms with Crippen LogP contribution in [0.3, 0.4) is 0 Å². The number of aromatic nitrogens is 2. The average molecular weight is 579 g/mol. The molecule has 9 nitrogen and oxygen atoms in total. The Morgan fingerprint density at radius 3 is 2.63 bits per heavy atom. The number of nitrogens with zero attached hydrogens (tertiary/aromatic N) is 4. The van der Waals surface area contributed by atoms with Crippen LogP contribution in [-0.4, -0.2) is 65.0 Å². The molecular weight excluding hydrogens is 547 g/mol. The monoisotopic (exact) mass is 578 g/mol. The molecule has 0 bridgehead atoms. The number of phenols is 1. The Labute approximate surface area is 238 Å². The topological polar surface area (TPSA) is 105 Å². The number of carbonyl (C=O) groups is 1. The molecule has 0 spiro atoms. The molecule has 1 amide bonds. The third-order valence-electron chi connectivity index (χ3n) is 6.98. The van der Waals surface area contributed by atoms with Crippen LogP contribution in [0.5, 0.6) is 17.2 Å². The highest BCUT2D eigenvalue weighted by molar-refractivity contribution is 7.90. The molecule has 214 valence electrons. The zero-order valence-electron chi connectivity index (χ0n) is 22.6. The number of para-hydroxylation sites is 2. The molecule has 2 heterocycles. The van der Waals surface area contributed by atoms with Gasteiger partial charge in [-0.05, 0) is 48.4 Å². The smallest absolute Gasteiger partial charge is 0.241 e. The van der Waals surface area contributed by atoms with Crippen LogP contribution in [-0.2, 0) is 27.7 Å². The van der Waals surface area contributed by atoms with Gasteiger partial charge in [-0.2, -0.15) is 0 Å². The second-order valence-corrected chi connectivity index (χ2v) is 12.5. The number of carbonyl (C=O) groups excluding carboxylic acids is 1. The fourth-order valence-corrected chi connectivity index (χ4v) is 5.66. The van der Waals surface area contributed by atoms with Crippen molar-refractivity contribution < 1.29 is 27.4 Å². The molecular formula is C30H31FN4O5S. The number of imidazole rings is 1. The maximum absolute atomic E-state index is 13.7. The molecule has 0 aliphatic carbocycles. The van der Waals surface area contributed by atoms with Crippen LogP contribution >= 0.6 is 0 Å². The Kier molecular flexibility index (Phi) is 8.36. The molecule has 1 N–H and O–H groups in total. The van der Waals surface area contributed by atoms with E-state index in [0.717, 1.165) is 11.3 Å². The van der Waals surface area contributed by atoms with Crippen LogP contribution in [0.15, 0.2) is 85.3 Å². The molecule has 1 aliphatic rings. The fourth-order valence-electron chi connectivity index (χ4n) is 4.96. The minimum absolute atomic E-state index is 0.0276. The number of piperazine rings is 1. The Morgan fingerprint density at radius 2 is 1.85 bits per heavy atom. The van der Waals surface area contributed by atoms with E-state index >= 15 is 0 Å². The summed E-state index contributed by atoms with van der Waals surface area (Å²) in [6.45, 7) is 1.09. The summed E-state index contributed by atoms with van der Waals surface area (Å²) in [5.74, 6) is 0.407. The molecule has 41 heavy (non-hydrogen) atoms. The second-order valence-electron chi connectivity index (χ2n) is 10.2. The lowest BCUT2D eigenvalue weighted by Gasteiger charge is -2.41. The Morgan fingerprint density at radius 1 is 1.05 bits per heavy atom. The van der Waals surface area contributed by atoms with E-state index in [4.69, 9.17) is 4.74 Å². The molecule has 4 aromatic rings. The lowest BCUT2D eigenvalue weighted by Crippen LogP contribution is -2.56. The first kappa shape index (κ1) is 28.3. The quantitative estimate of drug-likeness (QED) is 0.301. The van der Waals surface area contributed by atoms with Crippen LogP contribution in [0, 0.1) is 5.82 Å². The molecule has 0 saturated carbocycles. The molecule has 1 atom stereocenters. The lowest BCUT2D eigenvalue weighted by atomic mass is 10.1. The largest absolute Gasteiger partial charge is 0.508 e. The van der Waals surface area contributed by atoms with Gasteiger partial charge >= 0.3 is 0 Å². The van der Waals surface area contributed by atoms with Gasteiger partial charge in [0.25, 0.3) is 0 Å². The van der Waals surface area contributed by atoms with Gasteiger partial charge in [-0.3, -0.25) is 9.69 Å². The summed E-state index contributed by atoms with van der Waals surface area (Å²) in [4.78, 5) is 21.4. The van der Waals surface area contributed by atoms with E-state index in [1.54, 1.807) is 59.9 Å². The van der Waals surface area contributed by atoms with Gasteiger partial charge in [0.1, 0.15) is 27.2 Å². The Bertz CT molecular complexity index is 1640. The van der Waals surface area contributed by atoms with E-state index < -0.39 is 9.84 Å². The first-order chi connectivity index (χ1) is 19.6. The third kappa shape index (κ3) is 7.30. The SMILES string of the molecule is CS(=O)(=O)CCC1CN(c2ccccc2Oc2cccc(O)c2)C(=O)CN1Cc1cncn1Cc1cccc(F)c1. The average Bonchev–Trinajstić information content (AvgIpc) is 3.34. The number of ether oxygens (including phenoxy) is 1. The van der Waals surface area contributed by atoms with E-state index in [-0.39, 0.29) is 42.4 Å². The molecule has 3 aromatic carbocycles. The number of phenolic OH excluding ortho intramolecular Hbond substituents is 1. The summed E-state index contributed by atoms with van der Waals surface area (Å²) < 4.78 is 45.9. The van der Waals surface area contributed by atoms with Crippen LogP contribution in [0.25, 0.3) is 0 Å². The number of hydrogen-bond acceptors (Lipinski definition) is 7. The summed E-state index contributed by atoms with van der Waals surface area (Å²) in [6, 6.07) is 19.6. The number of amides is 1. The summed E-state index contributed by atoms with van der Waals surface area (Å²) in [7, 11) is -3.24. The predicted molar refractivity (Wildman–Crippen MR) is 153 cm³/mol. The van der Waals surface area contributed by atoms with Crippen molar-refractivity contribution in [2.45, 2.75) is 25.6 Å². The molecule has 1 saturated heterocycles. The summed E-state index contributed by atoms with van der Waals surface area (Å²) in [6.07, 6.45) is 4.91. The maximum Gasteiger partial charge on any atom is 0.241 e. The number of rotatable bonds is 10. The van der Waals surface area contributed by atoms with Crippen molar-refractivity contribution in [1.82, 2.24) is 14.5 Å². The first-order valence-corrected chi connectivity index (χ1v) is 15.2. The van der Waals surface area contributed by atoms with Gasteiger partial charge in [-0.1, -0.05) is 30.3 Å². The molecule has 0 radical (unpaired) electrons. The van der Waals surface area contributed by atoms with Gasteiger partial charge in [0, 0.05) is 44.2 Å². The number of anilines is 1. The Hall–Kier alpha value is -4.22. The molecule has 1 fully saturated rings. The molecule has 1 aromatic heterocycles. The first-order valence-electron chi connectivity index (χ1n) is 13.2. The summed E-state index contributed by atoms with van der Waals surface area (Å²) >= 11 is 0. The van der Waals surface area contributed by atoms with Crippen LogP contribution in [0.2, 0.25) is 0 Å². The minimum Gasteiger partial charge on any atom is -0.508 e. The fraction of sp³-hybridized carbons (Fsp3) is 0.267. The number of benzene rings is 3. The standard InChI is InChI=1S/C30H31FN4O5S/c1-41(38,39)13-12-24-19-35(28-10-2-3-11-29(28)40-27-9-5-8-26(36)15-27)30(37)20-33(24)18-25-16-32-21-34(25)17-22-6-4-7-23(31)14-22/h2-11,14-16,21,24,36H,12-13,17-20H2,1H3. The zero-order chi connectivity index (χ0) is 29.0. The number of aromatic hydroxyl groups is 1. The van der Waals surface area contributed by atoms with Crippen molar-refractivity contribution in [1.29, 1.82) is 0 Å². The third-order valence-corrected chi connectivity index (χ3v) is 7.96. The molecule has 11 heteroatoms. The van der Waals surface area contributed by atoms with Crippen LogP contribution < -0.4 is 9.64 Å². The van der Waals surface area contributed by atoms with Crippen molar-refractivity contribution in [2.75, 3.05) is 30.0 Å². The van der Waals surface area contributed by atoms with Gasteiger partial charge in [0.2, 0.25) is 5.91 Å². The highest BCUT2D eigenvalue weighted by Gasteiger charge is 2.35. The molecule has 1 aliphatic heterocycles. The highest BCUT2D eigenvalue weighted by atomic mass is 32.2. The predicted octanol–water partition coefficient (Wildman–Crippen LogP) is 4.22. The maximum atomic E-state index is 13.7. The number of hydrogen-bond donors (Lipinski definition) is 1. The van der Waals surface area contributed by atoms with E-state index in [1.807, 2.05) is 15.5 Å². The van der Waals surface area contributed by atoms with E-state index in [9.17, 15) is 22.7 Å². The van der Waals surface area contributed by atoms with Gasteiger partial charge in [-0.15, -0.1) is 0 Å². The van der Waals surface area contributed by atoms with E-state index in [0.29, 0.717) is 36.7 Å². The van der Waals surface area contributed by atoms with Crippen molar-refractivity contribution in [2.24, 2.45) is 0 Å². The van der Waals surface area contributed by atoms with Crippen molar-refractivity contribution in [3.05, 3.63) is 102 Å². The van der Waals surface area contributed by atoms with Crippen molar-refractivity contribution in [3.63, 3.8) is 0 Å². The van der Waals surface area contributed by atoms with Crippen LogP contribution in [0.4, 0.5) is 10.1 Å². The molecule has 1 unspecified atom stereocenters. The highest BCUT2D eigenvalue weighted by Crippen LogP contribution is 2.35. The minimum atomic E-state index is -3.24. The second kappa shape index (κ2) is 12.1. The normalized spacial score (nSPS) is 16.2. The van der Waals surface area contributed by atoms with Gasteiger partial charge in [0.15, 0.2) is 5.75 Å². The van der Waals surface area contributed by atoms with Crippen LogP contribution in [0.1, 0.15) is 17.7 Å². The van der Waals surface area contributed by atoms with Gasteiger partial charge < -0.3 is 19.3 Å². The lowest BCUT2D eigenvalue weighted by molar-refractivity contribution is -0.122. The zero-order valence-corrected chi connectivity index (χ0v) is 23.4. The summed E-state index contributed by atoms with van der Waals surface area (Å²) in [5, 5.41) is 9.84. The van der Waals surface area contributed by atoms with Gasteiger partial charge in [-0.25, -0.2) is 17.8 Å². The molecule has 5 rings (SSSR count). The van der Waals surface area contributed by atoms with Crippen molar-refractivity contribution >= 4 is 21.4 Å². The van der Waals surface area contributed by atoms with Crippen molar-refractivity contribution in [3.8, 4) is 17.2 Å². The number of sulfone groups is 1. The van der Waals surface area contributed by atoms with Gasteiger partial charge in [0.05, 0.1) is 30.0 Å². The number of halogens is 1. The Balaban J connectivity index is 1.39.